The van der Waals surface area contributed by atoms with Crippen molar-refractivity contribution in [1.82, 2.24) is 9.88 Å². The summed E-state index contributed by atoms with van der Waals surface area (Å²) in [6.45, 7) is 4.87. The lowest BCUT2D eigenvalue weighted by Gasteiger charge is -2.36. The summed E-state index contributed by atoms with van der Waals surface area (Å²) in [5.41, 5.74) is 5.04. The summed E-state index contributed by atoms with van der Waals surface area (Å²) in [6.07, 6.45) is 2.38. The van der Waals surface area contributed by atoms with E-state index in [-0.39, 0.29) is 38.5 Å². The Morgan fingerprint density at radius 1 is 1.18 bits per heavy atom. The first-order chi connectivity index (χ1) is 15.7. The number of primary amides is 1. The van der Waals surface area contributed by atoms with Crippen LogP contribution in [0.15, 0.2) is 43.1 Å². The van der Waals surface area contributed by atoms with Gasteiger partial charge in [-0.25, -0.2) is 8.78 Å². The number of hydrogen-bond donors (Lipinski definition) is 2. The van der Waals surface area contributed by atoms with Gasteiger partial charge in [-0.05, 0) is 24.3 Å². The number of anilines is 1. The fourth-order valence-corrected chi connectivity index (χ4v) is 4.33. The Balaban J connectivity index is 1.90. The van der Waals surface area contributed by atoms with Crippen molar-refractivity contribution in [1.29, 1.82) is 0 Å². The molecule has 0 spiro atoms. The lowest BCUT2D eigenvalue weighted by atomic mass is 9.98. The molecule has 0 atom stereocenters. The first-order valence-electron chi connectivity index (χ1n) is 9.99. The Kier molecular flexibility index (Phi) is 5.90. The maximum atomic E-state index is 15.6. The van der Waals surface area contributed by atoms with Crippen molar-refractivity contribution in [2.75, 3.05) is 31.1 Å². The number of nitrogens with two attached hydrogens (primary N) is 1. The summed E-state index contributed by atoms with van der Waals surface area (Å²) in [5.74, 6) is -3.26. The molecule has 1 aliphatic heterocycles. The number of halogens is 3. The van der Waals surface area contributed by atoms with Crippen LogP contribution in [0.25, 0.3) is 22.0 Å². The predicted octanol–water partition coefficient (Wildman–Crippen LogP) is 3.47. The van der Waals surface area contributed by atoms with Gasteiger partial charge in [-0.3, -0.25) is 14.6 Å². The second-order valence-electron chi connectivity index (χ2n) is 7.48. The van der Waals surface area contributed by atoms with Gasteiger partial charge in [0, 0.05) is 43.3 Å². The third kappa shape index (κ3) is 3.84. The largest absolute Gasteiger partial charge is 0.507 e. The number of hydrogen-bond acceptors (Lipinski definition) is 5. The molecule has 10 heteroatoms. The second kappa shape index (κ2) is 8.67. The van der Waals surface area contributed by atoms with Crippen LogP contribution in [0, 0.1) is 11.6 Å². The van der Waals surface area contributed by atoms with Gasteiger partial charge >= 0.3 is 0 Å². The smallest absolute Gasteiger partial charge is 0.252 e. The fourth-order valence-electron chi connectivity index (χ4n) is 4.04. The van der Waals surface area contributed by atoms with Gasteiger partial charge in [-0.15, -0.1) is 0 Å². The fraction of sp³-hybridized carbons (Fsp3) is 0.174. The average molecular weight is 473 g/mol. The highest BCUT2D eigenvalue weighted by Crippen LogP contribution is 2.43. The Morgan fingerprint density at radius 2 is 1.88 bits per heavy atom. The van der Waals surface area contributed by atoms with Gasteiger partial charge < -0.3 is 20.6 Å². The number of nitrogens with zero attached hydrogens (tertiary/aromatic N) is 3. The van der Waals surface area contributed by atoms with Crippen molar-refractivity contribution in [3.63, 3.8) is 0 Å². The lowest BCUT2D eigenvalue weighted by molar-refractivity contribution is -0.126. The van der Waals surface area contributed by atoms with Crippen molar-refractivity contribution in [3.8, 4) is 16.9 Å². The molecule has 4 rings (SSSR count). The van der Waals surface area contributed by atoms with E-state index >= 15 is 4.39 Å². The molecule has 3 aromatic rings. The summed E-state index contributed by atoms with van der Waals surface area (Å²) in [7, 11) is 0. The second-order valence-corrected chi connectivity index (χ2v) is 7.89. The molecule has 1 aromatic heterocycles. The summed E-state index contributed by atoms with van der Waals surface area (Å²) in [6, 6.07) is 4.95. The van der Waals surface area contributed by atoms with Crippen LogP contribution in [0.3, 0.4) is 0 Å². The molecule has 0 bridgehead atoms. The number of piperazine rings is 1. The normalized spacial score (nSPS) is 13.9. The van der Waals surface area contributed by atoms with Crippen molar-refractivity contribution < 1.29 is 23.5 Å². The number of amides is 2. The Bertz CT molecular complexity index is 1290. The van der Waals surface area contributed by atoms with Crippen LogP contribution >= 0.6 is 11.6 Å². The Hall–Kier alpha value is -3.72. The molecule has 170 valence electrons. The average Bonchev–Trinajstić information content (AvgIpc) is 2.79. The quantitative estimate of drug-likeness (QED) is 0.566. The highest BCUT2D eigenvalue weighted by molar-refractivity contribution is 6.34. The van der Waals surface area contributed by atoms with Crippen molar-refractivity contribution in [3.05, 3.63) is 65.3 Å². The third-order valence-electron chi connectivity index (χ3n) is 5.61. The van der Waals surface area contributed by atoms with E-state index in [1.807, 2.05) is 0 Å². The van der Waals surface area contributed by atoms with Gasteiger partial charge in [0.15, 0.2) is 5.82 Å². The van der Waals surface area contributed by atoms with Crippen LogP contribution in [-0.4, -0.2) is 53.0 Å². The number of fused-ring (bicyclic) bond motifs is 1. The molecule has 0 saturated carbocycles. The molecule has 2 amide bonds. The summed E-state index contributed by atoms with van der Waals surface area (Å²) in [5, 5.41) is 10.2. The van der Waals surface area contributed by atoms with E-state index in [1.54, 1.807) is 9.80 Å². The molecule has 0 radical (unpaired) electrons. The molecule has 2 aromatic carbocycles. The lowest BCUT2D eigenvalue weighted by Crippen LogP contribution is -2.48. The zero-order chi connectivity index (χ0) is 23.9. The number of carbonyl (C=O) groups is 2. The van der Waals surface area contributed by atoms with Crippen molar-refractivity contribution in [2.24, 2.45) is 5.73 Å². The van der Waals surface area contributed by atoms with E-state index in [2.05, 4.69) is 11.6 Å². The molecule has 7 nitrogen and oxygen atoms in total. The minimum atomic E-state index is -0.948. The molecule has 0 aliphatic carbocycles. The van der Waals surface area contributed by atoms with E-state index in [0.29, 0.717) is 31.9 Å². The van der Waals surface area contributed by atoms with E-state index in [0.717, 1.165) is 12.3 Å². The van der Waals surface area contributed by atoms with E-state index in [1.165, 1.54) is 24.3 Å². The van der Waals surface area contributed by atoms with E-state index < -0.39 is 23.3 Å². The molecule has 1 fully saturated rings. The Labute approximate surface area is 192 Å². The monoisotopic (exact) mass is 472 g/mol. The van der Waals surface area contributed by atoms with Gasteiger partial charge in [-0.1, -0.05) is 24.2 Å². The van der Waals surface area contributed by atoms with E-state index in [9.17, 15) is 19.1 Å². The molecule has 3 N–H and O–H groups in total. The molecular weight excluding hydrogens is 454 g/mol. The Morgan fingerprint density at radius 3 is 2.48 bits per heavy atom. The zero-order valence-electron chi connectivity index (χ0n) is 17.3. The number of rotatable bonds is 4. The highest BCUT2D eigenvalue weighted by atomic mass is 35.5. The zero-order valence-corrected chi connectivity index (χ0v) is 18.1. The van der Waals surface area contributed by atoms with Crippen LogP contribution in [0.1, 0.15) is 10.4 Å². The molecule has 1 saturated heterocycles. The first kappa shape index (κ1) is 22.5. The number of aromatic nitrogens is 1. The van der Waals surface area contributed by atoms with Crippen LogP contribution in [0.4, 0.5) is 14.5 Å². The number of phenolic OH excluding ortho intramolecular Hbond substituents is 1. The number of aromatic hydroxyl groups is 1. The molecule has 33 heavy (non-hydrogen) atoms. The number of phenols is 1. The molecule has 1 aliphatic rings. The number of pyridine rings is 1. The van der Waals surface area contributed by atoms with Crippen LogP contribution < -0.4 is 10.6 Å². The summed E-state index contributed by atoms with van der Waals surface area (Å²) in [4.78, 5) is 31.5. The third-order valence-corrected chi connectivity index (χ3v) is 5.91. The maximum absolute atomic E-state index is 15.6. The minimum Gasteiger partial charge on any atom is -0.507 e. The van der Waals surface area contributed by atoms with Gasteiger partial charge in [0.05, 0.1) is 21.8 Å². The maximum Gasteiger partial charge on any atom is 0.252 e. The number of benzene rings is 2. The summed E-state index contributed by atoms with van der Waals surface area (Å²) >= 11 is 6.37. The van der Waals surface area contributed by atoms with Crippen LogP contribution in [0.2, 0.25) is 5.02 Å². The van der Waals surface area contributed by atoms with Crippen LogP contribution in [-0.2, 0) is 4.79 Å². The molecular formula is C23H19ClF2N4O3. The van der Waals surface area contributed by atoms with E-state index in [4.69, 9.17) is 17.3 Å². The topological polar surface area (TPSA) is 99.8 Å². The predicted molar refractivity (Wildman–Crippen MR) is 121 cm³/mol. The number of carbonyl (C=O) groups excluding carboxylic acids is 2. The highest BCUT2D eigenvalue weighted by Gasteiger charge is 2.28. The summed E-state index contributed by atoms with van der Waals surface area (Å²) < 4.78 is 30.1. The van der Waals surface area contributed by atoms with Crippen molar-refractivity contribution >= 4 is 40.0 Å². The SMILES string of the molecule is C=CC(=O)N1CCN(c2c(C(N)=O)cnc3c(F)c(-c4c(O)cccc4F)c(Cl)cc23)CC1. The van der Waals surface area contributed by atoms with Gasteiger partial charge in [0.1, 0.15) is 17.1 Å². The van der Waals surface area contributed by atoms with Gasteiger partial charge in [0.2, 0.25) is 5.91 Å². The minimum absolute atomic E-state index is 0.0583. The van der Waals surface area contributed by atoms with Crippen LogP contribution in [0.5, 0.6) is 5.75 Å². The van der Waals surface area contributed by atoms with Crippen molar-refractivity contribution in [2.45, 2.75) is 0 Å². The molecule has 2 heterocycles. The molecule has 0 unspecified atom stereocenters. The van der Waals surface area contributed by atoms with Gasteiger partial charge in [-0.2, -0.15) is 0 Å². The van der Waals surface area contributed by atoms with Gasteiger partial charge in [0.25, 0.3) is 5.91 Å². The first-order valence-corrected chi connectivity index (χ1v) is 10.4. The standard InChI is InChI=1S/C23H19ClF2N4O3/c1-2-17(32)29-6-8-30(9-7-29)22-12-10-14(24)18(19-15(25)4-3-5-16(19)31)20(26)21(12)28-11-13(22)23(27)33/h2-5,10-11,31H,1,6-9H2,(H2,27,33).